The molecule has 0 bridgehead atoms. The van der Waals surface area contributed by atoms with E-state index >= 15 is 0 Å². The van der Waals surface area contributed by atoms with Gasteiger partial charge in [-0.3, -0.25) is 9.40 Å². The van der Waals surface area contributed by atoms with Crippen molar-refractivity contribution >= 4 is 26.8 Å². The fourth-order valence-electron chi connectivity index (χ4n) is 2.99. The van der Waals surface area contributed by atoms with Gasteiger partial charge in [-0.05, 0) is 42.0 Å². The highest BCUT2D eigenvalue weighted by molar-refractivity contribution is 7.92. The van der Waals surface area contributed by atoms with Crippen LogP contribution in [0.3, 0.4) is 0 Å². The number of hydrogen-bond donors (Lipinski definition) is 1. The first kappa shape index (κ1) is 16.9. The number of anilines is 1. The molecular formula is C17H20N4O4S. The number of fused-ring (bicyclic) bond motifs is 1. The van der Waals surface area contributed by atoms with Gasteiger partial charge in [-0.2, -0.15) is 5.10 Å². The zero-order chi connectivity index (χ0) is 18.4. The molecule has 8 nitrogen and oxygen atoms in total. The summed E-state index contributed by atoms with van der Waals surface area (Å²) in [6, 6.07) is 5.49. The van der Waals surface area contributed by atoms with Crippen LogP contribution in [0.1, 0.15) is 25.3 Å². The molecule has 2 heterocycles. The minimum absolute atomic E-state index is 0.0774. The van der Waals surface area contributed by atoms with Crippen LogP contribution in [0.25, 0.3) is 11.0 Å². The first-order chi connectivity index (χ1) is 12.4. The van der Waals surface area contributed by atoms with Crippen molar-refractivity contribution in [1.82, 2.24) is 14.9 Å². The summed E-state index contributed by atoms with van der Waals surface area (Å²) >= 11 is 0. The quantitative estimate of drug-likeness (QED) is 0.680. The Kier molecular flexibility index (Phi) is 3.91. The van der Waals surface area contributed by atoms with E-state index in [0.29, 0.717) is 23.3 Å². The van der Waals surface area contributed by atoms with Crippen LogP contribution >= 0.6 is 0 Å². The molecule has 1 aromatic carbocycles. The molecule has 1 saturated carbocycles. The lowest BCUT2D eigenvalue weighted by atomic mass is 10.1. The minimum Gasteiger partial charge on any atom is -0.496 e. The van der Waals surface area contributed by atoms with Gasteiger partial charge in [0.2, 0.25) is 10.0 Å². The van der Waals surface area contributed by atoms with Gasteiger partial charge in [0.15, 0.2) is 11.4 Å². The molecule has 0 spiro atoms. The molecule has 0 radical (unpaired) electrons. The van der Waals surface area contributed by atoms with Crippen molar-refractivity contribution in [3.63, 3.8) is 0 Å². The predicted molar refractivity (Wildman–Crippen MR) is 96.6 cm³/mol. The van der Waals surface area contributed by atoms with E-state index in [2.05, 4.69) is 15.0 Å². The van der Waals surface area contributed by atoms with E-state index in [1.807, 2.05) is 31.3 Å². The zero-order valence-corrected chi connectivity index (χ0v) is 15.4. The molecule has 0 atom stereocenters. The predicted octanol–water partition coefficient (Wildman–Crippen LogP) is 2.62. The summed E-state index contributed by atoms with van der Waals surface area (Å²) in [7, 11) is -1.98. The molecule has 2 aromatic heterocycles. The molecule has 4 rings (SSSR count). The van der Waals surface area contributed by atoms with Crippen molar-refractivity contribution in [2.24, 2.45) is 5.41 Å². The second-order valence-electron chi connectivity index (χ2n) is 7.08. The zero-order valence-electron chi connectivity index (χ0n) is 14.6. The number of sulfonamides is 1. The summed E-state index contributed by atoms with van der Waals surface area (Å²) in [5, 5.41) is 8.60. The van der Waals surface area contributed by atoms with Gasteiger partial charge in [0.1, 0.15) is 11.1 Å². The van der Waals surface area contributed by atoms with Crippen LogP contribution in [-0.4, -0.2) is 36.2 Å². The topological polar surface area (TPSA) is 99.2 Å². The maximum Gasteiger partial charge on any atom is 0.234 e. The van der Waals surface area contributed by atoms with Gasteiger partial charge in [0.25, 0.3) is 0 Å². The smallest absolute Gasteiger partial charge is 0.234 e. The van der Waals surface area contributed by atoms with E-state index in [0.717, 1.165) is 18.4 Å². The molecule has 1 N–H and O–H groups in total. The third-order valence-electron chi connectivity index (χ3n) is 4.62. The van der Waals surface area contributed by atoms with E-state index in [-0.39, 0.29) is 17.0 Å². The van der Waals surface area contributed by atoms with Crippen LogP contribution in [0.15, 0.2) is 35.1 Å². The second-order valence-corrected chi connectivity index (χ2v) is 8.80. The van der Waals surface area contributed by atoms with Crippen LogP contribution < -0.4 is 9.46 Å². The number of rotatable bonds is 7. The molecule has 138 valence electrons. The lowest BCUT2D eigenvalue weighted by molar-refractivity contribution is 0.418. The first-order valence-electron chi connectivity index (χ1n) is 8.32. The molecule has 3 aromatic rings. The van der Waals surface area contributed by atoms with Crippen LogP contribution in [0.4, 0.5) is 5.82 Å². The highest BCUT2D eigenvalue weighted by Gasteiger charge is 2.41. The van der Waals surface area contributed by atoms with Crippen LogP contribution in [-0.2, 0) is 16.6 Å². The minimum atomic E-state index is -3.51. The average Bonchev–Trinajstić information content (AvgIpc) is 2.99. The normalized spacial score (nSPS) is 15.9. The number of ether oxygens (including phenoxy) is 1. The van der Waals surface area contributed by atoms with Crippen LogP contribution in [0.5, 0.6) is 5.75 Å². The molecule has 0 unspecified atom stereocenters. The molecule has 1 fully saturated rings. The molecular weight excluding hydrogens is 356 g/mol. The SMILES string of the molecule is COc1cc(Cn2cccn2)cc2onc(NS(=O)(=O)CC3(C)CC3)c12. The Hall–Kier alpha value is -2.55. The van der Waals surface area contributed by atoms with Gasteiger partial charge in [0, 0.05) is 12.4 Å². The van der Waals surface area contributed by atoms with Crippen molar-refractivity contribution in [1.29, 1.82) is 0 Å². The van der Waals surface area contributed by atoms with Gasteiger partial charge in [-0.15, -0.1) is 0 Å². The van der Waals surface area contributed by atoms with E-state index < -0.39 is 10.0 Å². The molecule has 9 heteroatoms. The molecule has 0 saturated heterocycles. The molecule has 26 heavy (non-hydrogen) atoms. The standard InChI is InChI=1S/C17H20N4O4S/c1-17(4-5-17)11-26(22,23)20-16-15-13(24-2)8-12(9-14(15)25-19-16)10-21-7-3-6-18-21/h3,6-9H,4-5,10-11H2,1-2H3,(H,19,20). The van der Waals surface area contributed by atoms with E-state index in [1.165, 1.54) is 7.11 Å². The Morgan fingerprint density at radius 3 is 2.85 bits per heavy atom. The summed E-state index contributed by atoms with van der Waals surface area (Å²) in [5.41, 5.74) is 1.24. The highest BCUT2D eigenvalue weighted by atomic mass is 32.2. The fraction of sp³-hybridized carbons (Fsp3) is 0.412. The highest BCUT2D eigenvalue weighted by Crippen LogP contribution is 2.46. The van der Waals surface area contributed by atoms with Crippen LogP contribution in [0, 0.1) is 5.41 Å². The molecule has 1 aliphatic carbocycles. The Bertz CT molecular complexity index is 1040. The maximum absolute atomic E-state index is 12.4. The van der Waals surface area contributed by atoms with Gasteiger partial charge in [-0.25, -0.2) is 8.42 Å². The maximum atomic E-state index is 12.4. The van der Waals surface area contributed by atoms with E-state index in [1.54, 1.807) is 10.9 Å². The van der Waals surface area contributed by atoms with E-state index in [9.17, 15) is 8.42 Å². The number of hydrogen-bond acceptors (Lipinski definition) is 6. The van der Waals surface area contributed by atoms with Gasteiger partial charge in [0.05, 0.1) is 19.4 Å². The number of benzene rings is 1. The summed E-state index contributed by atoms with van der Waals surface area (Å²) in [6.07, 6.45) is 5.41. The van der Waals surface area contributed by atoms with Crippen molar-refractivity contribution in [2.45, 2.75) is 26.3 Å². The second kappa shape index (κ2) is 6.01. The monoisotopic (exact) mass is 376 g/mol. The number of methoxy groups -OCH3 is 1. The third-order valence-corrected chi connectivity index (χ3v) is 6.20. The van der Waals surface area contributed by atoms with Crippen LogP contribution in [0.2, 0.25) is 0 Å². The van der Waals surface area contributed by atoms with Crippen molar-refractivity contribution in [3.8, 4) is 5.75 Å². The lowest BCUT2D eigenvalue weighted by Gasteiger charge is -2.11. The van der Waals surface area contributed by atoms with Crippen molar-refractivity contribution in [2.75, 3.05) is 17.6 Å². The average molecular weight is 376 g/mol. The van der Waals surface area contributed by atoms with Crippen molar-refractivity contribution in [3.05, 3.63) is 36.2 Å². The summed E-state index contributed by atoms with van der Waals surface area (Å²) in [5.74, 6) is 0.738. The molecule has 0 aliphatic heterocycles. The molecule has 1 aliphatic rings. The van der Waals surface area contributed by atoms with E-state index in [4.69, 9.17) is 9.26 Å². The largest absolute Gasteiger partial charge is 0.496 e. The third kappa shape index (κ3) is 3.39. The summed E-state index contributed by atoms with van der Waals surface area (Å²) < 4.78 is 40.0. The van der Waals surface area contributed by atoms with Gasteiger partial charge >= 0.3 is 0 Å². The fourth-order valence-corrected chi connectivity index (χ4v) is 4.71. The first-order valence-corrected chi connectivity index (χ1v) is 9.97. The summed E-state index contributed by atoms with van der Waals surface area (Å²) in [6.45, 7) is 2.51. The Morgan fingerprint density at radius 1 is 1.38 bits per heavy atom. The Balaban J connectivity index is 1.66. The number of nitrogens with zero attached hydrogens (tertiary/aromatic N) is 3. The Labute approximate surface area is 151 Å². The number of nitrogens with one attached hydrogen (secondary N) is 1. The lowest BCUT2D eigenvalue weighted by Crippen LogP contribution is -2.22. The number of aromatic nitrogens is 3. The van der Waals surface area contributed by atoms with Crippen molar-refractivity contribution < 1.29 is 17.7 Å². The summed E-state index contributed by atoms with van der Waals surface area (Å²) in [4.78, 5) is 0. The van der Waals surface area contributed by atoms with Gasteiger partial charge in [-0.1, -0.05) is 12.1 Å². The molecule has 0 amide bonds. The Morgan fingerprint density at radius 2 is 2.19 bits per heavy atom. The van der Waals surface area contributed by atoms with Gasteiger partial charge < -0.3 is 9.26 Å².